The topological polar surface area (TPSA) is 92.9 Å². The van der Waals surface area contributed by atoms with Crippen LogP contribution >= 0.6 is 0 Å². The number of rotatable bonds is 7. The molecule has 1 amide bonds. The molecule has 0 heterocycles. The van der Waals surface area contributed by atoms with E-state index in [0.29, 0.717) is 11.3 Å². The van der Waals surface area contributed by atoms with E-state index in [2.05, 4.69) is 20.8 Å². The minimum Gasteiger partial charge on any atom is -0.491 e. The number of non-ortho nitro benzene ring substituents is 1. The van der Waals surface area contributed by atoms with E-state index in [9.17, 15) is 20.0 Å². The standard InChI is InChI=1S/C21H26N2O5/c1-21(2,3)16-7-11-19(12-8-16)28-14-18(24)13-22(4)20(25)15-5-9-17(10-6-15)23(26)27/h5-12,18,24H,13-14H2,1-4H3/t18-/m1/s1. The van der Waals surface area contributed by atoms with Gasteiger partial charge in [-0.3, -0.25) is 14.9 Å². The summed E-state index contributed by atoms with van der Waals surface area (Å²) in [5, 5.41) is 20.9. The highest BCUT2D eigenvalue weighted by atomic mass is 16.6. The van der Waals surface area contributed by atoms with Crippen LogP contribution in [0, 0.1) is 10.1 Å². The lowest BCUT2D eigenvalue weighted by molar-refractivity contribution is -0.384. The van der Waals surface area contributed by atoms with Crippen LogP contribution in [0.5, 0.6) is 5.75 Å². The molecule has 150 valence electrons. The molecule has 7 nitrogen and oxygen atoms in total. The fourth-order valence-corrected chi connectivity index (χ4v) is 2.64. The highest BCUT2D eigenvalue weighted by molar-refractivity contribution is 5.94. The van der Waals surface area contributed by atoms with Crippen molar-refractivity contribution in [3.8, 4) is 5.75 Å². The van der Waals surface area contributed by atoms with Crippen LogP contribution in [0.4, 0.5) is 5.69 Å². The van der Waals surface area contributed by atoms with Crippen molar-refractivity contribution < 1.29 is 19.6 Å². The second-order valence-electron chi connectivity index (χ2n) is 7.73. The van der Waals surface area contributed by atoms with Gasteiger partial charge in [0.05, 0.1) is 4.92 Å². The van der Waals surface area contributed by atoms with Gasteiger partial charge in [0.2, 0.25) is 0 Å². The Bertz CT molecular complexity index is 810. The van der Waals surface area contributed by atoms with E-state index in [0.717, 1.165) is 0 Å². The van der Waals surface area contributed by atoms with Crippen molar-refractivity contribution in [1.82, 2.24) is 4.90 Å². The van der Waals surface area contributed by atoms with Crippen LogP contribution in [0.15, 0.2) is 48.5 Å². The van der Waals surface area contributed by atoms with E-state index >= 15 is 0 Å². The molecule has 0 saturated carbocycles. The molecular formula is C21H26N2O5. The van der Waals surface area contributed by atoms with Crippen LogP contribution in [0.25, 0.3) is 0 Å². The van der Waals surface area contributed by atoms with Crippen molar-refractivity contribution in [1.29, 1.82) is 0 Å². The second-order valence-corrected chi connectivity index (χ2v) is 7.73. The molecule has 0 aliphatic rings. The molecule has 0 aromatic heterocycles. The largest absolute Gasteiger partial charge is 0.491 e. The minimum atomic E-state index is -0.866. The van der Waals surface area contributed by atoms with Gasteiger partial charge >= 0.3 is 0 Å². The molecule has 1 atom stereocenters. The first-order chi connectivity index (χ1) is 13.1. The third-order valence-corrected chi connectivity index (χ3v) is 4.32. The molecule has 0 aliphatic carbocycles. The summed E-state index contributed by atoms with van der Waals surface area (Å²) in [6.45, 7) is 6.52. The van der Waals surface area contributed by atoms with Gasteiger partial charge in [-0.05, 0) is 35.2 Å². The average molecular weight is 386 g/mol. The van der Waals surface area contributed by atoms with Gasteiger partial charge in [0.1, 0.15) is 18.5 Å². The van der Waals surface area contributed by atoms with Crippen molar-refractivity contribution in [3.05, 3.63) is 69.8 Å². The Hall–Kier alpha value is -2.93. The molecule has 0 unspecified atom stereocenters. The maximum absolute atomic E-state index is 12.4. The molecule has 0 bridgehead atoms. The first-order valence-corrected chi connectivity index (χ1v) is 8.99. The van der Waals surface area contributed by atoms with E-state index < -0.39 is 11.0 Å². The van der Waals surface area contributed by atoms with Gasteiger partial charge in [-0.15, -0.1) is 0 Å². The number of nitrogens with zero attached hydrogens (tertiary/aromatic N) is 2. The molecule has 1 N–H and O–H groups in total. The lowest BCUT2D eigenvalue weighted by Gasteiger charge is -2.22. The van der Waals surface area contributed by atoms with E-state index in [1.807, 2.05) is 24.3 Å². The first kappa shape index (κ1) is 21.4. The number of nitro benzene ring substituents is 1. The van der Waals surface area contributed by atoms with Crippen molar-refractivity contribution in [2.45, 2.75) is 32.3 Å². The van der Waals surface area contributed by atoms with E-state index in [1.54, 1.807) is 7.05 Å². The maximum Gasteiger partial charge on any atom is 0.269 e. The zero-order chi connectivity index (χ0) is 20.9. The Balaban J connectivity index is 1.87. The molecule has 0 saturated heterocycles. The van der Waals surface area contributed by atoms with Crippen molar-refractivity contribution in [3.63, 3.8) is 0 Å². The third kappa shape index (κ3) is 5.79. The number of carbonyl (C=O) groups is 1. The third-order valence-electron chi connectivity index (χ3n) is 4.32. The summed E-state index contributed by atoms with van der Waals surface area (Å²) in [4.78, 5) is 23.9. The lowest BCUT2D eigenvalue weighted by Crippen LogP contribution is -2.37. The Morgan fingerprint density at radius 1 is 1.14 bits per heavy atom. The summed E-state index contributed by atoms with van der Waals surface area (Å²) >= 11 is 0. The normalized spacial score (nSPS) is 12.3. The van der Waals surface area contributed by atoms with Gasteiger partial charge in [-0.25, -0.2) is 0 Å². The zero-order valence-electron chi connectivity index (χ0n) is 16.6. The van der Waals surface area contributed by atoms with E-state index in [-0.39, 0.29) is 30.2 Å². The fraction of sp³-hybridized carbons (Fsp3) is 0.381. The molecular weight excluding hydrogens is 360 g/mol. The van der Waals surface area contributed by atoms with Crippen LogP contribution in [-0.4, -0.2) is 47.1 Å². The molecule has 0 spiro atoms. The summed E-state index contributed by atoms with van der Waals surface area (Å²) in [7, 11) is 1.56. The smallest absolute Gasteiger partial charge is 0.269 e. The number of ether oxygens (including phenoxy) is 1. The Morgan fingerprint density at radius 2 is 1.71 bits per heavy atom. The molecule has 28 heavy (non-hydrogen) atoms. The zero-order valence-corrected chi connectivity index (χ0v) is 16.6. The van der Waals surface area contributed by atoms with Crippen molar-refractivity contribution >= 4 is 11.6 Å². The quantitative estimate of drug-likeness (QED) is 0.581. The Kier molecular flexibility index (Phi) is 6.75. The number of likely N-dealkylation sites (N-methyl/N-ethyl adjacent to an activating group) is 1. The molecule has 0 radical (unpaired) electrons. The van der Waals surface area contributed by atoms with Crippen LogP contribution < -0.4 is 4.74 Å². The second kappa shape index (κ2) is 8.84. The predicted molar refractivity (Wildman–Crippen MR) is 107 cm³/mol. The average Bonchev–Trinajstić information content (AvgIpc) is 2.65. The summed E-state index contributed by atoms with van der Waals surface area (Å²) in [5.74, 6) is 0.319. The number of amides is 1. The van der Waals surface area contributed by atoms with Gasteiger partial charge in [-0.2, -0.15) is 0 Å². The number of benzene rings is 2. The number of hydrogen-bond acceptors (Lipinski definition) is 5. The molecule has 2 aromatic rings. The minimum absolute atomic E-state index is 0.0484. The van der Waals surface area contributed by atoms with Crippen LogP contribution in [0.1, 0.15) is 36.7 Å². The van der Waals surface area contributed by atoms with Crippen LogP contribution in [0.3, 0.4) is 0 Å². The highest BCUT2D eigenvalue weighted by Gasteiger charge is 2.17. The van der Waals surface area contributed by atoms with Crippen molar-refractivity contribution in [2.24, 2.45) is 0 Å². The van der Waals surface area contributed by atoms with Gasteiger partial charge in [0, 0.05) is 31.3 Å². The Labute approximate surface area is 164 Å². The molecule has 2 rings (SSSR count). The number of carbonyl (C=O) groups excluding carboxylic acids is 1. The maximum atomic E-state index is 12.4. The van der Waals surface area contributed by atoms with Crippen LogP contribution in [0.2, 0.25) is 0 Å². The Morgan fingerprint density at radius 3 is 2.21 bits per heavy atom. The molecule has 0 fully saturated rings. The van der Waals surface area contributed by atoms with Gasteiger partial charge in [-0.1, -0.05) is 32.9 Å². The summed E-state index contributed by atoms with van der Waals surface area (Å²) in [6.07, 6.45) is -0.866. The van der Waals surface area contributed by atoms with Gasteiger partial charge in [0.25, 0.3) is 11.6 Å². The summed E-state index contributed by atoms with van der Waals surface area (Å²) in [6, 6.07) is 13.1. The van der Waals surface area contributed by atoms with Crippen molar-refractivity contribution in [2.75, 3.05) is 20.2 Å². The van der Waals surface area contributed by atoms with E-state index in [1.165, 1.54) is 34.7 Å². The number of aliphatic hydroxyl groups excluding tert-OH is 1. The van der Waals surface area contributed by atoms with E-state index in [4.69, 9.17) is 4.74 Å². The molecule has 0 aliphatic heterocycles. The summed E-state index contributed by atoms with van der Waals surface area (Å²) in [5.41, 5.74) is 1.48. The fourth-order valence-electron chi connectivity index (χ4n) is 2.64. The number of aliphatic hydroxyl groups is 1. The molecule has 7 heteroatoms. The van der Waals surface area contributed by atoms with Crippen LogP contribution in [-0.2, 0) is 5.41 Å². The number of nitro groups is 1. The number of hydrogen-bond donors (Lipinski definition) is 1. The molecule has 2 aromatic carbocycles. The predicted octanol–water partition coefficient (Wildman–Crippen LogP) is 3.40. The highest BCUT2D eigenvalue weighted by Crippen LogP contribution is 2.24. The van der Waals surface area contributed by atoms with Gasteiger partial charge < -0.3 is 14.7 Å². The SMILES string of the molecule is CN(C[C@@H](O)COc1ccc(C(C)(C)C)cc1)C(=O)c1ccc([N+](=O)[O-])cc1. The monoisotopic (exact) mass is 386 g/mol. The lowest BCUT2D eigenvalue weighted by atomic mass is 9.87. The van der Waals surface area contributed by atoms with Gasteiger partial charge in [0.15, 0.2) is 0 Å². The first-order valence-electron chi connectivity index (χ1n) is 8.99. The summed E-state index contributed by atoms with van der Waals surface area (Å²) < 4.78 is 5.60.